The van der Waals surface area contributed by atoms with E-state index in [2.05, 4.69) is 5.32 Å². The second-order valence-corrected chi connectivity index (χ2v) is 5.44. The molecule has 16 heavy (non-hydrogen) atoms. The van der Waals surface area contributed by atoms with Crippen LogP contribution in [0.2, 0.25) is 0 Å². The highest BCUT2D eigenvalue weighted by atomic mass is 16.2. The molecule has 1 saturated carbocycles. The third kappa shape index (κ3) is 1.93. The molecule has 2 fully saturated rings. The van der Waals surface area contributed by atoms with Gasteiger partial charge in [-0.1, -0.05) is 6.92 Å². The third-order valence-corrected chi connectivity index (χ3v) is 3.45. The Morgan fingerprint density at radius 3 is 2.50 bits per heavy atom. The summed E-state index contributed by atoms with van der Waals surface area (Å²) in [6, 6.07) is -0.263. The number of hydrogen-bond acceptors (Lipinski definition) is 2. The number of amides is 2. The average Bonchev–Trinajstić information content (AvgIpc) is 2.97. The molecule has 1 N–H and O–H groups in total. The van der Waals surface area contributed by atoms with Crippen LogP contribution in [0.5, 0.6) is 0 Å². The van der Waals surface area contributed by atoms with E-state index < -0.39 is 5.54 Å². The highest BCUT2D eigenvalue weighted by molar-refractivity contribution is 5.99. The molecule has 1 aliphatic heterocycles. The summed E-state index contributed by atoms with van der Waals surface area (Å²) in [4.78, 5) is 25.9. The van der Waals surface area contributed by atoms with Crippen molar-refractivity contribution in [3.63, 3.8) is 0 Å². The molecule has 0 aromatic carbocycles. The first kappa shape index (κ1) is 11.4. The summed E-state index contributed by atoms with van der Waals surface area (Å²) in [5.74, 6) is 0.679. The molecule has 90 valence electrons. The summed E-state index contributed by atoms with van der Waals surface area (Å²) < 4.78 is 0. The Balaban J connectivity index is 2.19. The maximum Gasteiger partial charge on any atom is 0.248 e. The van der Waals surface area contributed by atoms with E-state index in [9.17, 15) is 9.59 Å². The van der Waals surface area contributed by atoms with Crippen LogP contribution in [-0.2, 0) is 9.59 Å². The fraction of sp³-hybridized carbons (Fsp3) is 0.833. The molecule has 0 radical (unpaired) electrons. The quantitative estimate of drug-likeness (QED) is 0.774. The van der Waals surface area contributed by atoms with Gasteiger partial charge in [-0.3, -0.25) is 9.59 Å². The van der Waals surface area contributed by atoms with E-state index in [1.54, 1.807) is 18.7 Å². The van der Waals surface area contributed by atoms with E-state index >= 15 is 0 Å². The van der Waals surface area contributed by atoms with Crippen molar-refractivity contribution in [2.24, 2.45) is 5.92 Å². The second kappa shape index (κ2) is 3.75. The fourth-order valence-corrected chi connectivity index (χ4v) is 2.28. The van der Waals surface area contributed by atoms with E-state index in [0.717, 1.165) is 6.54 Å². The van der Waals surface area contributed by atoms with Crippen molar-refractivity contribution in [2.45, 2.75) is 51.6 Å². The Hall–Kier alpha value is -1.06. The van der Waals surface area contributed by atoms with Crippen LogP contribution in [0.15, 0.2) is 0 Å². The fourth-order valence-electron chi connectivity index (χ4n) is 2.28. The number of nitrogens with one attached hydrogen (secondary N) is 1. The van der Waals surface area contributed by atoms with E-state index in [-0.39, 0.29) is 17.9 Å². The van der Waals surface area contributed by atoms with Gasteiger partial charge in [-0.25, -0.2) is 0 Å². The predicted octanol–water partition coefficient (Wildman–Crippen LogP) is 0.912. The van der Waals surface area contributed by atoms with E-state index in [4.69, 9.17) is 0 Å². The Morgan fingerprint density at radius 1 is 1.38 bits per heavy atom. The lowest BCUT2D eigenvalue weighted by atomic mass is 9.95. The minimum Gasteiger partial charge on any atom is -0.340 e. The molecule has 4 heteroatoms. The van der Waals surface area contributed by atoms with Crippen LogP contribution in [0.25, 0.3) is 0 Å². The van der Waals surface area contributed by atoms with Crippen LogP contribution < -0.4 is 5.32 Å². The van der Waals surface area contributed by atoms with Gasteiger partial charge in [0.2, 0.25) is 11.8 Å². The first-order valence-corrected chi connectivity index (χ1v) is 6.09. The molecule has 0 aromatic heterocycles. The van der Waals surface area contributed by atoms with Gasteiger partial charge in [-0.05, 0) is 39.0 Å². The molecule has 4 nitrogen and oxygen atoms in total. The van der Waals surface area contributed by atoms with Gasteiger partial charge >= 0.3 is 0 Å². The maximum absolute atomic E-state index is 12.2. The van der Waals surface area contributed by atoms with Crippen LogP contribution in [-0.4, -0.2) is 34.8 Å². The van der Waals surface area contributed by atoms with Gasteiger partial charge in [0.15, 0.2) is 0 Å². The Bertz CT molecular complexity index is 321. The molecule has 1 atom stereocenters. The summed E-state index contributed by atoms with van der Waals surface area (Å²) >= 11 is 0. The van der Waals surface area contributed by atoms with Gasteiger partial charge < -0.3 is 10.2 Å². The molecule has 0 bridgehead atoms. The van der Waals surface area contributed by atoms with Crippen molar-refractivity contribution in [1.29, 1.82) is 0 Å². The first-order chi connectivity index (χ1) is 7.45. The summed E-state index contributed by atoms with van der Waals surface area (Å²) in [7, 11) is 0. The van der Waals surface area contributed by atoms with Crippen molar-refractivity contribution in [3.8, 4) is 0 Å². The minimum atomic E-state index is -0.738. The molecule has 0 aromatic rings. The topological polar surface area (TPSA) is 49.4 Å². The van der Waals surface area contributed by atoms with Crippen LogP contribution >= 0.6 is 0 Å². The van der Waals surface area contributed by atoms with Crippen LogP contribution in [0, 0.1) is 5.92 Å². The van der Waals surface area contributed by atoms with Gasteiger partial charge in [0.1, 0.15) is 11.6 Å². The van der Waals surface area contributed by atoms with Gasteiger partial charge in [-0.2, -0.15) is 0 Å². The third-order valence-electron chi connectivity index (χ3n) is 3.45. The monoisotopic (exact) mass is 224 g/mol. The normalized spacial score (nSPS) is 29.2. The molecular formula is C12H20N2O2. The lowest BCUT2D eigenvalue weighted by Crippen LogP contribution is -2.68. The highest BCUT2D eigenvalue weighted by Crippen LogP contribution is 2.32. The van der Waals surface area contributed by atoms with Crippen molar-refractivity contribution in [3.05, 3.63) is 0 Å². The summed E-state index contributed by atoms with van der Waals surface area (Å²) in [5, 5.41) is 2.80. The van der Waals surface area contributed by atoms with Crippen molar-refractivity contribution < 1.29 is 9.59 Å². The minimum absolute atomic E-state index is 0.00671. The lowest BCUT2D eigenvalue weighted by molar-refractivity contribution is -0.153. The zero-order valence-electron chi connectivity index (χ0n) is 10.2. The van der Waals surface area contributed by atoms with E-state index in [1.807, 2.05) is 6.92 Å². The Morgan fingerprint density at radius 2 is 2.00 bits per heavy atom. The van der Waals surface area contributed by atoms with Crippen LogP contribution in [0.1, 0.15) is 40.0 Å². The zero-order valence-corrected chi connectivity index (χ0v) is 10.2. The van der Waals surface area contributed by atoms with Crippen LogP contribution in [0.3, 0.4) is 0 Å². The number of rotatable bonds is 3. The van der Waals surface area contributed by atoms with Gasteiger partial charge in [-0.15, -0.1) is 0 Å². The Kier molecular flexibility index (Phi) is 2.68. The molecule has 1 unspecified atom stereocenters. The number of piperazine rings is 1. The summed E-state index contributed by atoms with van der Waals surface area (Å²) in [6.07, 6.45) is 3.09. The van der Waals surface area contributed by atoms with Crippen molar-refractivity contribution in [1.82, 2.24) is 10.2 Å². The summed E-state index contributed by atoms with van der Waals surface area (Å²) in [6.45, 7) is 6.27. The average molecular weight is 224 g/mol. The molecule has 1 aliphatic carbocycles. The molecule has 2 amide bonds. The first-order valence-electron chi connectivity index (χ1n) is 6.09. The highest BCUT2D eigenvalue weighted by Gasteiger charge is 2.45. The van der Waals surface area contributed by atoms with Gasteiger partial charge in [0, 0.05) is 6.54 Å². The number of nitrogens with zero attached hydrogens (tertiary/aromatic N) is 1. The second-order valence-electron chi connectivity index (χ2n) is 5.44. The Labute approximate surface area is 96.4 Å². The van der Waals surface area contributed by atoms with Crippen molar-refractivity contribution >= 4 is 11.8 Å². The molecule has 2 rings (SSSR count). The number of carbonyl (C=O) groups is 2. The number of hydrogen-bond donors (Lipinski definition) is 1. The largest absolute Gasteiger partial charge is 0.340 e. The smallest absolute Gasteiger partial charge is 0.248 e. The van der Waals surface area contributed by atoms with E-state index in [1.165, 1.54) is 12.8 Å². The van der Waals surface area contributed by atoms with Crippen LogP contribution in [0.4, 0.5) is 0 Å². The zero-order chi connectivity index (χ0) is 11.9. The van der Waals surface area contributed by atoms with Crippen molar-refractivity contribution in [2.75, 3.05) is 6.54 Å². The van der Waals surface area contributed by atoms with E-state index in [0.29, 0.717) is 12.3 Å². The predicted molar refractivity (Wildman–Crippen MR) is 60.7 cm³/mol. The maximum atomic E-state index is 12.2. The molecule has 0 spiro atoms. The lowest BCUT2D eigenvalue weighted by Gasteiger charge is -2.42. The standard InChI is InChI=1S/C12H20N2O2/c1-4-9-10(15)13-12(2,3)11(16)14(9)7-8-5-6-8/h8-9H,4-7H2,1-3H3,(H,13,15). The molecular weight excluding hydrogens is 204 g/mol. The summed E-state index contributed by atoms with van der Waals surface area (Å²) in [5.41, 5.74) is -0.738. The van der Waals surface area contributed by atoms with Gasteiger partial charge in [0.25, 0.3) is 0 Å². The SMILES string of the molecule is CCC1C(=O)NC(C)(C)C(=O)N1CC1CC1. The molecule has 1 heterocycles. The number of carbonyl (C=O) groups excluding carboxylic acids is 2. The molecule has 2 aliphatic rings. The molecule has 1 saturated heterocycles. The van der Waals surface area contributed by atoms with Gasteiger partial charge in [0.05, 0.1) is 0 Å².